The Morgan fingerprint density at radius 1 is 1.08 bits per heavy atom. The van der Waals surface area contributed by atoms with Crippen LogP contribution >= 0.6 is 0 Å². The van der Waals surface area contributed by atoms with Crippen molar-refractivity contribution in [1.29, 1.82) is 0 Å². The average Bonchev–Trinajstić information content (AvgIpc) is 3.27. The van der Waals surface area contributed by atoms with Crippen LogP contribution in [0.15, 0.2) is 76.8 Å². The molecule has 2 aromatic carbocycles. The Morgan fingerprint density at radius 2 is 1.78 bits per heavy atom. The molecule has 1 unspecified atom stereocenters. The molecule has 0 radical (unpaired) electrons. The molecule has 3 heterocycles. The van der Waals surface area contributed by atoms with Crippen molar-refractivity contribution in [3.05, 3.63) is 72.3 Å². The largest absolute Gasteiger partial charge is 0.480 e. The van der Waals surface area contributed by atoms with Crippen LogP contribution in [0.4, 0.5) is 11.4 Å². The van der Waals surface area contributed by atoms with Gasteiger partial charge in [-0.25, -0.2) is 13.4 Å². The molecule has 3 aliphatic rings. The zero-order valence-corrected chi connectivity index (χ0v) is 20.6. The van der Waals surface area contributed by atoms with E-state index in [-0.39, 0.29) is 17.6 Å². The van der Waals surface area contributed by atoms with Crippen LogP contribution in [0.5, 0.6) is 0 Å². The lowest BCUT2D eigenvalue weighted by atomic mass is 10.1. The molecule has 10 nitrogen and oxygen atoms in total. The van der Waals surface area contributed by atoms with E-state index in [1.165, 1.54) is 6.26 Å². The predicted octanol–water partition coefficient (Wildman–Crippen LogP) is 1.82. The van der Waals surface area contributed by atoms with Crippen molar-refractivity contribution in [2.24, 2.45) is 5.10 Å². The molecule has 0 aliphatic carbocycles. The van der Waals surface area contributed by atoms with Gasteiger partial charge in [0.2, 0.25) is 5.96 Å². The smallest absolute Gasteiger partial charge is 0.317 e. The lowest BCUT2D eigenvalue weighted by molar-refractivity contribution is -0.138. The van der Waals surface area contributed by atoms with Crippen molar-refractivity contribution >= 4 is 38.8 Å². The lowest BCUT2D eigenvalue weighted by Gasteiger charge is -2.35. The normalized spacial score (nSPS) is 19.9. The number of nitrogens with one attached hydrogen (secondary N) is 2. The van der Waals surface area contributed by atoms with E-state index in [2.05, 4.69) is 15.5 Å². The molecule has 0 saturated carbocycles. The number of carbonyl (C=O) groups is 1. The van der Waals surface area contributed by atoms with E-state index in [0.29, 0.717) is 5.96 Å². The zero-order chi connectivity index (χ0) is 25.3. The van der Waals surface area contributed by atoms with Gasteiger partial charge >= 0.3 is 5.97 Å². The molecule has 11 heteroatoms. The summed E-state index contributed by atoms with van der Waals surface area (Å²) in [5.41, 5.74) is 3.72. The van der Waals surface area contributed by atoms with Crippen molar-refractivity contribution in [3.63, 3.8) is 0 Å². The number of nitrogens with zero attached hydrogens (tertiary/aromatic N) is 4. The van der Waals surface area contributed by atoms with E-state index < -0.39 is 15.8 Å². The van der Waals surface area contributed by atoms with Crippen molar-refractivity contribution in [2.75, 3.05) is 49.2 Å². The van der Waals surface area contributed by atoms with Gasteiger partial charge in [-0.2, -0.15) is 0 Å². The molecule has 0 bridgehead atoms. The topological polar surface area (TPSA) is 118 Å². The highest BCUT2D eigenvalue weighted by Crippen LogP contribution is 2.29. The van der Waals surface area contributed by atoms with Crippen molar-refractivity contribution in [3.8, 4) is 0 Å². The number of hydrogen-bond acceptors (Lipinski definition) is 9. The number of guanidine groups is 1. The first-order chi connectivity index (χ1) is 17.3. The van der Waals surface area contributed by atoms with Gasteiger partial charge in [-0.15, -0.1) is 5.10 Å². The summed E-state index contributed by atoms with van der Waals surface area (Å²) in [5.74, 6) is -0.179. The second-order valence-electron chi connectivity index (χ2n) is 8.94. The molecule has 2 aromatic rings. The molecule has 188 valence electrons. The van der Waals surface area contributed by atoms with Gasteiger partial charge in [-0.1, -0.05) is 18.2 Å². The number of sulfone groups is 1. The summed E-state index contributed by atoms with van der Waals surface area (Å²) in [6, 6.07) is 14.9. The van der Waals surface area contributed by atoms with Crippen molar-refractivity contribution < 1.29 is 18.3 Å². The van der Waals surface area contributed by atoms with Crippen LogP contribution in [-0.4, -0.2) is 80.5 Å². The zero-order valence-electron chi connectivity index (χ0n) is 19.8. The van der Waals surface area contributed by atoms with E-state index in [4.69, 9.17) is 10.2 Å². The Bertz CT molecular complexity index is 1330. The van der Waals surface area contributed by atoms with Gasteiger partial charge in [0.1, 0.15) is 6.17 Å². The fourth-order valence-electron chi connectivity index (χ4n) is 4.47. The molecule has 3 aliphatic heterocycles. The molecule has 3 N–H and O–H groups in total. The van der Waals surface area contributed by atoms with Crippen LogP contribution in [-0.2, 0) is 14.6 Å². The van der Waals surface area contributed by atoms with E-state index >= 15 is 0 Å². The standard InChI is InChI=1S/C25H28N6O4S/c1-36(34,35)21-11-5-18(6-12-21)22-3-2-4-23-27-25(28-31(22)23)26-19-7-9-20(10-8-19)30-15-13-29(14-16-30)17-24(32)33/h2-12,23H,13-17H2,1H3,(H,32,33)(H2,26,27,28). The summed E-state index contributed by atoms with van der Waals surface area (Å²) in [7, 11) is -3.25. The second-order valence-corrected chi connectivity index (χ2v) is 11.0. The first kappa shape index (κ1) is 23.9. The molecular formula is C25H28N6O4S. The number of fused-ring (bicyclic) bond motifs is 1. The minimum atomic E-state index is -3.25. The maximum Gasteiger partial charge on any atom is 0.317 e. The number of aliphatic carboxylic acids is 1. The molecule has 1 saturated heterocycles. The number of carboxylic acid groups (broad SMARTS) is 1. The fourth-order valence-corrected chi connectivity index (χ4v) is 5.10. The molecule has 5 rings (SSSR count). The quantitative estimate of drug-likeness (QED) is 0.537. The van der Waals surface area contributed by atoms with Crippen LogP contribution in [0.2, 0.25) is 0 Å². The number of anilines is 2. The Labute approximate surface area is 210 Å². The SMILES string of the molecule is CS(=O)(=O)c1ccc(C2=CC=CC3NC(Nc4ccc(N5CCN(CC(=O)O)CC5)cc4)=NN23)cc1. The molecule has 0 amide bonds. The van der Waals surface area contributed by atoms with Crippen LogP contribution in [0, 0.1) is 0 Å². The number of rotatable bonds is 6. The summed E-state index contributed by atoms with van der Waals surface area (Å²) < 4.78 is 23.6. The number of hydrazone groups is 1. The highest BCUT2D eigenvalue weighted by molar-refractivity contribution is 7.90. The van der Waals surface area contributed by atoms with Crippen molar-refractivity contribution in [2.45, 2.75) is 11.1 Å². The number of carboxylic acids is 1. The first-order valence-corrected chi connectivity index (χ1v) is 13.5. The third-order valence-corrected chi connectivity index (χ3v) is 7.48. The van der Waals surface area contributed by atoms with Crippen LogP contribution in [0.3, 0.4) is 0 Å². The van der Waals surface area contributed by atoms with Gasteiger partial charge < -0.3 is 20.6 Å². The average molecular weight is 509 g/mol. The predicted molar refractivity (Wildman–Crippen MR) is 139 cm³/mol. The van der Waals surface area contributed by atoms with Gasteiger partial charge in [0.05, 0.1) is 17.1 Å². The van der Waals surface area contributed by atoms with Crippen molar-refractivity contribution in [1.82, 2.24) is 15.2 Å². The Hall–Kier alpha value is -3.83. The molecular weight excluding hydrogens is 480 g/mol. The van der Waals surface area contributed by atoms with Crippen LogP contribution in [0.1, 0.15) is 5.56 Å². The summed E-state index contributed by atoms with van der Waals surface area (Å²) in [6.45, 7) is 3.12. The minimum Gasteiger partial charge on any atom is -0.480 e. The van der Waals surface area contributed by atoms with E-state index in [0.717, 1.165) is 48.8 Å². The lowest BCUT2D eigenvalue weighted by Crippen LogP contribution is -2.47. The highest BCUT2D eigenvalue weighted by atomic mass is 32.2. The van der Waals surface area contributed by atoms with Gasteiger partial charge in [0.25, 0.3) is 0 Å². The highest BCUT2D eigenvalue weighted by Gasteiger charge is 2.29. The number of hydrogen-bond donors (Lipinski definition) is 3. The van der Waals surface area contributed by atoms with Crippen LogP contribution in [0.25, 0.3) is 5.70 Å². The van der Waals surface area contributed by atoms with Gasteiger partial charge in [-0.05, 0) is 54.1 Å². The third kappa shape index (κ3) is 5.21. The monoisotopic (exact) mass is 508 g/mol. The first-order valence-electron chi connectivity index (χ1n) is 11.7. The molecule has 0 aromatic heterocycles. The van der Waals surface area contributed by atoms with Gasteiger partial charge in [-0.3, -0.25) is 9.69 Å². The summed E-state index contributed by atoms with van der Waals surface area (Å²) in [4.78, 5) is 15.4. The van der Waals surface area contributed by atoms with E-state index in [1.54, 1.807) is 24.3 Å². The summed E-state index contributed by atoms with van der Waals surface area (Å²) >= 11 is 0. The molecule has 36 heavy (non-hydrogen) atoms. The van der Waals surface area contributed by atoms with Gasteiger partial charge in [0, 0.05) is 43.8 Å². The number of benzene rings is 2. The van der Waals surface area contributed by atoms with E-state index in [9.17, 15) is 13.2 Å². The van der Waals surface area contributed by atoms with Gasteiger partial charge in [0.15, 0.2) is 9.84 Å². The summed E-state index contributed by atoms with van der Waals surface area (Å²) in [6.07, 6.45) is 6.95. The molecule has 1 atom stereocenters. The molecule has 1 fully saturated rings. The van der Waals surface area contributed by atoms with E-state index in [1.807, 2.05) is 52.4 Å². The fraction of sp³-hybridized carbons (Fsp3) is 0.280. The molecule has 0 spiro atoms. The maximum atomic E-state index is 11.8. The second kappa shape index (κ2) is 9.67. The third-order valence-electron chi connectivity index (χ3n) is 6.35. The Morgan fingerprint density at radius 3 is 2.42 bits per heavy atom. The minimum absolute atomic E-state index is 0.0852. The maximum absolute atomic E-state index is 11.8. The summed E-state index contributed by atoms with van der Waals surface area (Å²) in [5, 5.41) is 22.2. The Balaban J connectivity index is 1.23. The Kier molecular flexibility index (Phi) is 6.42. The van der Waals surface area contributed by atoms with Crippen LogP contribution < -0.4 is 15.5 Å². The number of allylic oxidation sites excluding steroid dienone is 2. The number of piperazine rings is 1.